The minimum Gasteiger partial charge on any atom is -0.302 e. The van der Waals surface area contributed by atoms with Crippen molar-refractivity contribution in [1.82, 2.24) is 9.80 Å². The molecule has 0 bridgehead atoms. The van der Waals surface area contributed by atoms with Gasteiger partial charge in [0, 0.05) is 43.1 Å². The Balaban J connectivity index is 0.000000686. The fourth-order valence-electron chi connectivity index (χ4n) is 3.45. The number of nitrogens with zero attached hydrogens (tertiary/aromatic N) is 2. The maximum Gasteiger partial charge on any atom is 0.00567 e. The summed E-state index contributed by atoms with van der Waals surface area (Å²) in [6.45, 7) is 22.3. The van der Waals surface area contributed by atoms with Crippen LogP contribution < -0.4 is 0 Å². The number of rotatable bonds is 2. The van der Waals surface area contributed by atoms with Crippen LogP contribution in [0, 0.1) is 10.8 Å². The Hall–Kier alpha value is -0.0800. The van der Waals surface area contributed by atoms with Gasteiger partial charge >= 0.3 is 0 Å². The van der Waals surface area contributed by atoms with Gasteiger partial charge in [-0.15, -0.1) is 0 Å². The van der Waals surface area contributed by atoms with Crippen molar-refractivity contribution in [3.8, 4) is 0 Å². The van der Waals surface area contributed by atoms with E-state index < -0.39 is 0 Å². The molecule has 2 heterocycles. The van der Waals surface area contributed by atoms with Crippen LogP contribution in [0.1, 0.15) is 48.5 Å². The molecule has 0 spiro atoms. The fraction of sp³-hybridized carbons (Fsp3) is 1.00. The van der Waals surface area contributed by atoms with Crippen LogP contribution in [0.15, 0.2) is 0 Å². The number of likely N-dealkylation sites (tertiary alicyclic amines) is 2. The average Bonchev–Trinajstić information content (AvgIpc) is 2.66. The normalized spacial score (nSPS) is 38.1. The Kier molecular flexibility index (Phi) is 4.65. The Morgan fingerprint density at radius 2 is 1.35 bits per heavy atom. The lowest BCUT2D eigenvalue weighted by molar-refractivity contribution is 0.202. The summed E-state index contributed by atoms with van der Waals surface area (Å²) in [5, 5.41) is 0. The molecule has 2 nitrogen and oxygen atoms in total. The van der Waals surface area contributed by atoms with E-state index >= 15 is 0 Å². The van der Waals surface area contributed by atoms with E-state index in [4.69, 9.17) is 0 Å². The monoisotopic (exact) mass is 240 g/mol. The summed E-state index contributed by atoms with van der Waals surface area (Å²) in [7, 11) is 0. The van der Waals surface area contributed by atoms with Crippen molar-refractivity contribution in [2.75, 3.05) is 32.7 Å². The van der Waals surface area contributed by atoms with Gasteiger partial charge in [0.25, 0.3) is 0 Å². The van der Waals surface area contributed by atoms with Gasteiger partial charge in [-0.25, -0.2) is 0 Å². The second-order valence-corrected chi connectivity index (χ2v) is 6.42. The summed E-state index contributed by atoms with van der Waals surface area (Å²) < 4.78 is 0. The van der Waals surface area contributed by atoms with Gasteiger partial charge in [0.2, 0.25) is 0 Å². The van der Waals surface area contributed by atoms with Gasteiger partial charge in [-0.2, -0.15) is 0 Å². The highest BCUT2D eigenvalue weighted by molar-refractivity contribution is 5.09. The lowest BCUT2D eigenvalue weighted by atomic mass is 9.71. The van der Waals surface area contributed by atoms with Crippen LogP contribution in [-0.4, -0.2) is 48.6 Å². The lowest BCUT2D eigenvalue weighted by Crippen LogP contribution is -2.35. The molecular formula is C15H32N2. The second kappa shape index (κ2) is 5.27. The maximum atomic E-state index is 2.66. The molecule has 2 aliphatic rings. The van der Waals surface area contributed by atoms with Crippen molar-refractivity contribution in [2.24, 2.45) is 10.8 Å². The molecule has 102 valence electrons. The van der Waals surface area contributed by atoms with E-state index in [9.17, 15) is 0 Å². The smallest absolute Gasteiger partial charge is 0.00567 e. The molecule has 0 aromatic heterocycles. The maximum absolute atomic E-state index is 2.66. The Labute approximate surface area is 108 Å². The summed E-state index contributed by atoms with van der Waals surface area (Å²) in [4.78, 5) is 5.28. The van der Waals surface area contributed by atoms with Gasteiger partial charge in [0.1, 0.15) is 0 Å². The molecule has 0 saturated carbocycles. The summed E-state index contributed by atoms with van der Waals surface area (Å²) in [5.74, 6) is 0. The minimum absolute atomic E-state index is 0.521. The number of hydrogen-bond donors (Lipinski definition) is 0. The van der Waals surface area contributed by atoms with Crippen molar-refractivity contribution >= 4 is 0 Å². The summed E-state index contributed by atoms with van der Waals surface area (Å²) in [6.07, 6.45) is 0. The van der Waals surface area contributed by atoms with Crippen molar-refractivity contribution in [3.05, 3.63) is 0 Å². The minimum atomic E-state index is 0.521. The first-order valence-corrected chi connectivity index (χ1v) is 7.37. The molecule has 0 N–H and O–H groups in total. The fourth-order valence-corrected chi connectivity index (χ4v) is 3.45. The van der Waals surface area contributed by atoms with Gasteiger partial charge in [0.15, 0.2) is 0 Å². The zero-order valence-corrected chi connectivity index (χ0v) is 13.0. The van der Waals surface area contributed by atoms with Crippen LogP contribution in [0.3, 0.4) is 0 Å². The zero-order valence-electron chi connectivity index (χ0n) is 13.0. The van der Waals surface area contributed by atoms with Gasteiger partial charge in [-0.05, 0) is 20.4 Å². The van der Waals surface area contributed by atoms with Crippen LogP contribution in [0.5, 0.6) is 0 Å². The zero-order chi connectivity index (χ0) is 13.3. The van der Waals surface area contributed by atoms with Crippen molar-refractivity contribution in [2.45, 2.75) is 54.5 Å². The average molecular weight is 240 g/mol. The molecule has 2 atom stereocenters. The highest BCUT2D eigenvalue weighted by atomic mass is 15.3. The van der Waals surface area contributed by atoms with Gasteiger partial charge in [-0.1, -0.05) is 34.6 Å². The van der Waals surface area contributed by atoms with Gasteiger partial charge < -0.3 is 4.90 Å². The van der Waals surface area contributed by atoms with Crippen LogP contribution in [0.4, 0.5) is 0 Å². The number of hydrogen-bond acceptors (Lipinski definition) is 2. The standard InChI is InChI=1S/C13H26N2.C2H6/c1-6-14-7-12(4)9-15(11(2)3)10-13(12,5)8-14;1-2/h11H,6-10H2,1-5H3;1-2H3/t12-,13+;. The highest BCUT2D eigenvalue weighted by Crippen LogP contribution is 2.51. The molecule has 0 aromatic carbocycles. The molecule has 2 saturated heterocycles. The summed E-state index contributed by atoms with van der Waals surface area (Å²) in [6, 6.07) is 0.708. The number of fused-ring (bicyclic) bond motifs is 1. The van der Waals surface area contributed by atoms with Crippen molar-refractivity contribution in [3.63, 3.8) is 0 Å². The van der Waals surface area contributed by atoms with E-state index in [0.29, 0.717) is 16.9 Å². The molecule has 0 aromatic rings. The Morgan fingerprint density at radius 3 is 1.65 bits per heavy atom. The molecule has 2 rings (SSSR count). The SMILES string of the molecule is CC.CCN1C[C@@]2(C)CN(C(C)C)C[C@@]2(C)C1. The summed E-state index contributed by atoms with van der Waals surface area (Å²) >= 11 is 0. The highest BCUT2D eigenvalue weighted by Gasteiger charge is 2.57. The molecule has 2 heteroatoms. The molecular weight excluding hydrogens is 208 g/mol. The molecule has 0 aliphatic carbocycles. The summed E-state index contributed by atoms with van der Waals surface area (Å²) in [5.41, 5.74) is 1.04. The first-order valence-electron chi connectivity index (χ1n) is 7.37. The molecule has 0 unspecified atom stereocenters. The van der Waals surface area contributed by atoms with E-state index in [1.54, 1.807) is 0 Å². The van der Waals surface area contributed by atoms with Crippen LogP contribution >= 0.6 is 0 Å². The van der Waals surface area contributed by atoms with E-state index in [2.05, 4.69) is 44.4 Å². The third kappa shape index (κ3) is 2.53. The first kappa shape index (κ1) is 15.0. The van der Waals surface area contributed by atoms with Crippen LogP contribution in [0.2, 0.25) is 0 Å². The van der Waals surface area contributed by atoms with E-state index in [1.165, 1.54) is 32.7 Å². The predicted octanol–water partition coefficient (Wildman–Crippen LogP) is 3.08. The third-order valence-electron chi connectivity index (χ3n) is 4.88. The van der Waals surface area contributed by atoms with Gasteiger partial charge in [0.05, 0.1) is 0 Å². The lowest BCUT2D eigenvalue weighted by Gasteiger charge is -2.31. The Bertz CT molecular complexity index is 231. The molecule has 2 fully saturated rings. The third-order valence-corrected chi connectivity index (χ3v) is 4.88. The molecule has 2 aliphatic heterocycles. The van der Waals surface area contributed by atoms with Gasteiger partial charge in [-0.3, -0.25) is 4.90 Å². The topological polar surface area (TPSA) is 6.48 Å². The van der Waals surface area contributed by atoms with Crippen molar-refractivity contribution in [1.29, 1.82) is 0 Å². The van der Waals surface area contributed by atoms with E-state index in [0.717, 1.165) is 0 Å². The van der Waals surface area contributed by atoms with E-state index in [1.807, 2.05) is 13.8 Å². The molecule has 0 radical (unpaired) electrons. The quantitative estimate of drug-likeness (QED) is 0.732. The Morgan fingerprint density at radius 1 is 0.941 bits per heavy atom. The van der Waals surface area contributed by atoms with Crippen LogP contribution in [0.25, 0.3) is 0 Å². The first-order chi connectivity index (χ1) is 7.90. The largest absolute Gasteiger partial charge is 0.302 e. The predicted molar refractivity (Wildman–Crippen MR) is 76.4 cm³/mol. The second-order valence-electron chi connectivity index (χ2n) is 6.42. The van der Waals surface area contributed by atoms with Crippen LogP contribution in [-0.2, 0) is 0 Å². The molecule has 0 amide bonds. The molecule has 17 heavy (non-hydrogen) atoms. The van der Waals surface area contributed by atoms with E-state index in [-0.39, 0.29) is 0 Å². The van der Waals surface area contributed by atoms with Crippen molar-refractivity contribution < 1.29 is 0 Å².